The topological polar surface area (TPSA) is 64.4 Å². The zero-order chi connectivity index (χ0) is 13.8. The molecule has 0 aliphatic rings. The first-order valence-electron chi connectivity index (χ1n) is 5.98. The lowest BCUT2D eigenvalue weighted by molar-refractivity contribution is 0.0963. The van der Waals surface area contributed by atoms with Crippen molar-refractivity contribution in [2.45, 2.75) is 20.5 Å². The van der Waals surface area contributed by atoms with Crippen molar-refractivity contribution >= 4 is 5.91 Å². The minimum atomic E-state index is -0.114. The predicted octanol–water partition coefficient (Wildman–Crippen LogP) is 2.23. The van der Waals surface area contributed by atoms with E-state index in [2.05, 4.69) is 10.5 Å². The third kappa shape index (κ3) is 2.93. The number of nitrogens with zero attached hydrogens (tertiary/aromatic N) is 1. The Kier molecular flexibility index (Phi) is 3.85. The molecule has 100 valence electrons. The van der Waals surface area contributed by atoms with Gasteiger partial charge in [-0.15, -0.1) is 0 Å². The highest BCUT2D eigenvalue weighted by Crippen LogP contribution is 2.17. The normalized spacial score (nSPS) is 10.3. The summed E-state index contributed by atoms with van der Waals surface area (Å²) in [5.41, 5.74) is 2.39. The summed E-state index contributed by atoms with van der Waals surface area (Å²) in [5.74, 6) is 1.35. The SMILES string of the molecule is CNC(=O)c1ccc(OCc2c(C)noc2C)cc1. The lowest BCUT2D eigenvalue weighted by atomic mass is 10.2. The average molecular weight is 260 g/mol. The summed E-state index contributed by atoms with van der Waals surface area (Å²) in [7, 11) is 1.60. The van der Waals surface area contributed by atoms with Gasteiger partial charge in [0.2, 0.25) is 0 Å². The van der Waals surface area contributed by atoms with Gasteiger partial charge in [-0.1, -0.05) is 5.16 Å². The van der Waals surface area contributed by atoms with Gasteiger partial charge in [0.1, 0.15) is 18.1 Å². The molecule has 2 aromatic rings. The van der Waals surface area contributed by atoms with Crippen molar-refractivity contribution in [1.29, 1.82) is 0 Å². The summed E-state index contributed by atoms with van der Waals surface area (Å²) < 4.78 is 10.7. The fraction of sp³-hybridized carbons (Fsp3) is 0.286. The molecule has 1 N–H and O–H groups in total. The van der Waals surface area contributed by atoms with Gasteiger partial charge in [0, 0.05) is 12.6 Å². The number of rotatable bonds is 4. The smallest absolute Gasteiger partial charge is 0.251 e. The molecule has 0 fully saturated rings. The van der Waals surface area contributed by atoms with Crippen LogP contribution in [0.1, 0.15) is 27.4 Å². The van der Waals surface area contributed by atoms with Gasteiger partial charge in [-0.3, -0.25) is 4.79 Å². The van der Waals surface area contributed by atoms with E-state index in [0.29, 0.717) is 17.9 Å². The number of nitrogens with one attached hydrogen (secondary N) is 1. The number of amides is 1. The third-order valence-electron chi connectivity index (χ3n) is 2.91. The van der Waals surface area contributed by atoms with E-state index in [1.54, 1.807) is 31.3 Å². The molecular weight excluding hydrogens is 244 g/mol. The van der Waals surface area contributed by atoms with Crippen LogP contribution in [0.3, 0.4) is 0 Å². The highest BCUT2D eigenvalue weighted by atomic mass is 16.5. The molecule has 1 heterocycles. The van der Waals surface area contributed by atoms with Crippen LogP contribution in [0.2, 0.25) is 0 Å². The van der Waals surface area contributed by atoms with Crippen LogP contribution in [-0.4, -0.2) is 18.1 Å². The Hall–Kier alpha value is -2.30. The van der Waals surface area contributed by atoms with Gasteiger partial charge in [0.25, 0.3) is 5.91 Å². The fourth-order valence-corrected chi connectivity index (χ4v) is 1.71. The van der Waals surface area contributed by atoms with Crippen molar-refractivity contribution in [3.63, 3.8) is 0 Å². The molecular formula is C14H16N2O3. The van der Waals surface area contributed by atoms with Crippen molar-refractivity contribution < 1.29 is 14.1 Å². The van der Waals surface area contributed by atoms with Gasteiger partial charge in [-0.2, -0.15) is 0 Å². The van der Waals surface area contributed by atoms with Gasteiger partial charge < -0.3 is 14.6 Å². The van der Waals surface area contributed by atoms with Crippen LogP contribution in [0.4, 0.5) is 0 Å². The van der Waals surface area contributed by atoms with Crippen molar-refractivity contribution in [2.24, 2.45) is 0 Å². The van der Waals surface area contributed by atoms with E-state index in [-0.39, 0.29) is 5.91 Å². The van der Waals surface area contributed by atoms with E-state index in [4.69, 9.17) is 9.26 Å². The number of aromatic nitrogens is 1. The highest BCUT2D eigenvalue weighted by molar-refractivity contribution is 5.94. The van der Waals surface area contributed by atoms with Crippen LogP contribution in [0.25, 0.3) is 0 Å². The van der Waals surface area contributed by atoms with Gasteiger partial charge in [0.15, 0.2) is 0 Å². The summed E-state index contributed by atoms with van der Waals surface area (Å²) >= 11 is 0. The molecule has 0 aliphatic carbocycles. The van der Waals surface area contributed by atoms with Crippen molar-refractivity contribution in [3.05, 3.63) is 46.8 Å². The van der Waals surface area contributed by atoms with E-state index < -0.39 is 0 Å². The van der Waals surface area contributed by atoms with Gasteiger partial charge in [-0.05, 0) is 38.1 Å². The fourth-order valence-electron chi connectivity index (χ4n) is 1.71. The summed E-state index contributed by atoms with van der Waals surface area (Å²) in [5, 5.41) is 6.44. The quantitative estimate of drug-likeness (QED) is 0.915. The molecule has 0 saturated carbocycles. The zero-order valence-electron chi connectivity index (χ0n) is 11.2. The van der Waals surface area contributed by atoms with Crippen LogP contribution >= 0.6 is 0 Å². The van der Waals surface area contributed by atoms with Gasteiger partial charge in [-0.25, -0.2) is 0 Å². The maximum Gasteiger partial charge on any atom is 0.251 e. The van der Waals surface area contributed by atoms with Crippen LogP contribution < -0.4 is 10.1 Å². The van der Waals surface area contributed by atoms with Crippen LogP contribution in [0.5, 0.6) is 5.75 Å². The van der Waals surface area contributed by atoms with E-state index in [9.17, 15) is 4.79 Å². The maximum atomic E-state index is 11.4. The molecule has 0 aliphatic heterocycles. The molecule has 5 nitrogen and oxygen atoms in total. The number of ether oxygens (including phenoxy) is 1. The van der Waals surface area contributed by atoms with E-state index >= 15 is 0 Å². The molecule has 0 saturated heterocycles. The third-order valence-corrected chi connectivity index (χ3v) is 2.91. The minimum absolute atomic E-state index is 0.114. The molecule has 0 radical (unpaired) electrons. The van der Waals surface area contributed by atoms with E-state index in [1.807, 2.05) is 13.8 Å². The van der Waals surface area contributed by atoms with Crippen molar-refractivity contribution in [1.82, 2.24) is 10.5 Å². The predicted molar refractivity (Wildman–Crippen MR) is 70.1 cm³/mol. The number of benzene rings is 1. The number of hydrogen-bond donors (Lipinski definition) is 1. The summed E-state index contributed by atoms with van der Waals surface area (Å²) in [4.78, 5) is 11.4. The van der Waals surface area contributed by atoms with E-state index in [1.165, 1.54) is 0 Å². The number of hydrogen-bond acceptors (Lipinski definition) is 4. The number of carbonyl (C=O) groups is 1. The molecule has 0 spiro atoms. The highest BCUT2D eigenvalue weighted by Gasteiger charge is 2.09. The Balaban J connectivity index is 2.03. The minimum Gasteiger partial charge on any atom is -0.489 e. The maximum absolute atomic E-state index is 11.4. The zero-order valence-corrected chi connectivity index (χ0v) is 11.2. The first kappa shape index (κ1) is 13.1. The molecule has 0 unspecified atom stereocenters. The Morgan fingerprint density at radius 1 is 1.32 bits per heavy atom. The molecule has 5 heteroatoms. The number of carbonyl (C=O) groups excluding carboxylic acids is 1. The van der Waals surface area contributed by atoms with Crippen molar-refractivity contribution in [2.75, 3.05) is 7.05 Å². The molecule has 1 aromatic heterocycles. The molecule has 2 rings (SSSR count). The molecule has 0 bridgehead atoms. The van der Waals surface area contributed by atoms with Crippen LogP contribution in [-0.2, 0) is 6.61 Å². The first-order valence-corrected chi connectivity index (χ1v) is 5.98. The summed E-state index contributed by atoms with van der Waals surface area (Å²) in [6, 6.07) is 6.98. The molecule has 19 heavy (non-hydrogen) atoms. The lowest BCUT2D eigenvalue weighted by Gasteiger charge is -2.06. The van der Waals surface area contributed by atoms with Gasteiger partial charge >= 0.3 is 0 Å². The second kappa shape index (κ2) is 5.56. The second-order valence-electron chi connectivity index (χ2n) is 4.19. The van der Waals surface area contributed by atoms with Crippen LogP contribution in [0.15, 0.2) is 28.8 Å². The first-order chi connectivity index (χ1) is 9.11. The lowest BCUT2D eigenvalue weighted by Crippen LogP contribution is -2.17. The standard InChI is InChI=1S/C14H16N2O3/c1-9-13(10(2)19-16-9)8-18-12-6-4-11(5-7-12)14(17)15-3/h4-7H,8H2,1-3H3,(H,15,17). The van der Waals surface area contributed by atoms with E-state index in [0.717, 1.165) is 17.0 Å². The summed E-state index contributed by atoms with van der Waals surface area (Å²) in [6.45, 7) is 4.14. The van der Waals surface area contributed by atoms with Gasteiger partial charge in [0.05, 0.1) is 11.3 Å². The number of aryl methyl sites for hydroxylation is 2. The van der Waals surface area contributed by atoms with Crippen LogP contribution in [0, 0.1) is 13.8 Å². The molecule has 1 amide bonds. The Morgan fingerprint density at radius 3 is 2.53 bits per heavy atom. The Bertz CT molecular complexity index is 553. The average Bonchev–Trinajstić information content (AvgIpc) is 2.75. The Morgan fingerprint density at radius 2 is 2.00 bits per heavy atom. The molecule has 0 atom stereocenters. The molecule has 1 aromatic carbocycles. The monoisotopic (exact) mass is 260 g/mol. The van der Waals surface area contributed by atoms with Crippen molar-refractivity contribution in [3.8, 4) is 5.75 Å². The Labute approximate surface area is 111 Å². The second-order valence-corrected chi connectivity index (χ2v) is 4.19. The summed E-state index contributed by atoms with van der Waals surface area (Å²) in [6.07, 6.45) is 0. The largest absolute Gasteiger partial charge is 0.489 e.